The molecule has 1 aromatic heterocycles. The minimum absolute atomic E-state index is 0.0627. The largest absolute Gasteiger partial charge is 0.493 e. The molecule has 0 N–H and O–H groups in total. The summed E-state index contributed by atoms with van der Waals surface area (Å²) in [5, 5.41) is 0.505. The molecule has 174 valence electrons. The highest BCUT2D eigenvalue weighted by atomic mass is 32.1. The Hall–Kier alpha value is -3.17. The summed E-state index contributed by atoms with van der Waals surface area (Å²) in [5.74, 6) is 0.877. The molecule has 1 amide bonds. The summed E-state index contributed by atoms with van der Waals surface area (Å²) in [7, 11) is 4.61. The van der Waals surface area contributed by atoms with Gasteiger partial charge in [0.05, 0.1) is 44.2 Å². The van der Waals surface area contributed by atoms with Crippen molar-refractivity contribution in [2.24, 2.45) is 0 Å². The first-order valence-corrected chi connectivity index (χ1v) is 11.3. The number of rotatable bonds is 8. The molecule has 3 aromatic rings. The zero-order chi connectivity index (χ0) is 23.4. The monoisotopic (exact) mass is 472 g/mol. The summed E-state index contributed by atoms with van der Waals surface area (Å²) < 4.78 is 36.2. The van der Waals surface area contributed by atoms with Crippen LogP contribution in [0.5, 0.6) is 17.2 Å². The zero-order valence-electron chi connectivity index (χ0n) is 18.7. The van der Waals surface area contributed by atoms with Crippen molar-refractivity contribution in [1.82, 2.24) is 4.98 Å². The van der Waals surface area contributed by atoms with E-state index < -0.39 is 0 Å². The van der Waals surface area contributed by atoms with Crippen LogP contribution in [0.25, 0.3) is 16.3 Å². The van der Waals surface area contributed by atoms with Gasteiger partial charge >= 0.3 is 0 Å². The van der Waals surface area contributed by atoms with Gasteiger partial charge in [0.1, 0.15) is 5.82 Å². The van der Waals surface area contributed by atoms with Gasteiger partial charge in [-0.25, -0.2) is 9.37 Å². The molecule has 0 radical (unpaired) electrons. The second kappa shape index (κ2) is 10.2. The van der Waals surface area contributed by atoms with Crippen LogP contribution in [-0.4, -0.2) is 51.5 Å². The van der Waals surface area contributed by atoms with Gasteiger partial charge in [-0.2, -0.15) is 0 Å². The number of ether oxygens (including phenoxy) is 4. The average Bonchev–Trinajstić information content (AvgIpc) is 3.49. The second-order valence-corrected chi connectivity index (χ2v) is 8.49. The third-order valence-corrected chi connectivity index (χ3v) is 6.39. The highest BCUT2D eigenvalue weighted by Gasteiger charge is 2.25. The van der Waals surface area contributed by atoms with E-state index in [0.717, 1.165) is 12.8 Å². The van der Waals surface area contributed by atoms with Crippen LogP contribution in [0, 0.1) is 5.82 Å². The number of halogens is 1. The van der Waals surface area contributed by atoms with Gasteiger partial charge in [-0.05, 0) is 54.8 Å². The Morgan fingerprint density at radius 2 is 1.97 bits per heavy atom. The van der Waals surface area contributed by atoms with E-state index in [2.05, 4.69) is 4.98 Å². The fourth-order valence-corrected chi connectivity index (χ4v) is 4.72. The number of carbonyl (C=O) groups is 1. The van der Waals surface area contributed by atoms with Gasteiger partial charge in [-0.3, -0.25) is 9.69 Å². The number of anilines is 1. The molecular formula is C24H25FN2O5S. The molecule has 0 aliphatic carbocycles. The van der Waals surface area contributed by atoms with Crippen molar-refractivity contribution >= 4 is 38.7 Å². The van der Waals surface area contributed by atoms with Crippen molar-refractivity contribution < 1.29 is 28.1 Å². The smallest absolute Gasteiger partial charge is 0.252 e. The quantitative estimate of drug-likeness (QED) is 0.443. The third-order valence-electron chi connectivity index (χ3n) is 5.35. The molecule has 0 bridgehead atoms. The molecule has 1 saturated heterocycles. The third kappa shape index (κ3) is 5.09. The molecule has 2 heterocycles. The molecule has 1 atom stereocenters. The number of nitrogens with zero attached hydrogens (tertiary/aromatic N) is 2. The van der Waals surface area contributed by atoms with Crippen LogP contribution in [0.4, 0.5) is 9.52 Å². The Bertz CT molecular complexity index is 1150. The van der Waals surface area contributed by atoms with Crippen LogP contribution < -0.4 is 19.1 Å². The average molecular weight is 473 g/mol. The first-order valence-electron chi connectivity index (χ1n) is 10.5. The van der Waals surface area contributed by atoms with E-state index in [4.69, 9.17) is 18.9 Å². The Morgan fingerprint density at radius 1 is 1.21 bits per heavy atom. The van der Waals surface area contributed by atoms with Gasteiger partial charge in [0.25, 0.3) is 5.91 Å². The normalized spacial score (nSPS) is 15.8. The number of fused-ring (bicyclic) bond motifs is 1. The van der Waals surface area contributed by atoms with E-state index in [1.54, 1.807) is 29.2 Å². The lowest BCUT2D eigenvalue weighted by Crippen LogP contribution is -2.36. The van der Waals surface area contributed by atoms with E-state index in [0.29, 0.717) is 51.3 Å². The van der Waals surface area contributed by atoms with E-state index in [-0.39, 0.29) is 17.8 Å². The van der Waals surface area contributed by atoms with Gasteiger partial charge in [0, 0.05) is 12.7 Å². The molecule has 0 spiro atoms. The molecule has 1 aliphatic heterocycles. The molecule has 4 rings (SSSR count). The maximum Gasteiger partial charge on any atom is 0.252 e. The number of aromatic nitrogens is 1. The molecule has 7 nitrogen and oxygen atoms in total. The maximum atomic E-state index is 13.7. The predicted octanol–water partition coefficient (Wildman–Crippen LogP) is 4.69. The minimum atomic E-state index is -0.336. The summed E-state index contributed by atoms with van der Waals surface area (Å²) in [5.41, 5.74) is 1.36. The van der Waals surface area contributed by atoms with E-state index >= 15 is 0 Å². The van der Waals surface area contributed by atoms with Crippen molar-refractivity contribution in [2.45, 2.75) is 18.9 Å². The van der Waals surface area contributed by atoms with Gasteiger partial charge in [0.2, 0.25) is 5.75 Å². The van der Waals surface area contributed by atoms with Crippen molar-refractivity contribution in [3.63, 3.8) is 0 Å². The van der Waals surface area contributed by atoms with Crippen LogP contribution in [0.3, 0.4) is 0 Å². The standard InChI is InChI=1S/C24H25FN2O5S/c1-29-19-11-15(12-20(30-2)23(19)31-3)6-9-22(28)27(14-17-5-4-10-32-17)24-26-18-8-7-16(25)13-21(18)33-24/h6-9,11-13,17H,4-5,10,14H2,1-3H3/b9-6+. The number of carbonyl (C=O) groups excluding carboxylic acids is 1. The van der Waals surface area contributed by atoms with Crippen molar-refractivity contribution in [3.8, 4) is 17.2 Å². The van der Waals surface area contributed by atoms with Crippen LogP contribution in [0.2, 0.25) is 0 Å². The topological polar surface area (TPSA) is 70.1 Å². The number of amides is 1. The molecule has 33 heavy (non-hydrogen) atoms. The number of thiazole rings is 1. The Labute approximate surface area is 195 Å². The zero-order valence-corrected chi connectivity index (χ0v) is 19.5. The van der Waals surface area contributed by atoms with E-state index in [1.807, 2.05) is 0 Å². The lowest BCUT2D eigenvalue weighted by atomic mass is 10.1. The predicted molar refractivity (Wildman–Crippen MR) is 126 cm³/mol. The Morgan fingerprint density at radius 3 is 2.61 bits per heavy atom. The summed E-state index contributed by atoms with van der Waals surface area (Å²) in [6.45, 7) is 1.06. The van der Waals surface area contributed by atoms with Crippen LogP contribution in [0.15, 0.2) is 36.4 Å². The molecule has 2 aromatic carbocycles. The highest BCUT2D eigenvalue weighted by molar-refractivity contribution is 7.22. The Balaban J connectivity index is 1.64. The van der Waals surface area contributed by atoms with Gasteiger partial charge in [-0.1, -0.05) is 11.3 Å². The van der Waals surface area contributed by atoms with Crippen LogP contribution in [0.1, 0.15) is 18.4 Å². The number of hydrogen-bond acceptors (Lipinski definition) is 7. The summed E-state index contributed by atoms with van der Waals surface area (Å²) in [6, 6.07) is 7.93. The molecule has 1 unspecified atom stereocenters. The van der Waals surface area contributed by atoms with Gasteiger partial charge in [-0.15, -0.1) is 0 Å². The molecule has 0 saturated carbocycles. The molecule has 1 fully saturated rings. The van der Waals surface area contributed by atoms with Crippen molar-refractivity contribution in [2.75, 3.05) is 39.4 Å². The summed E-state index contributed by atoms with van der Waals surface area (Å²) >= 11 is 1.28. The van der Waals surface area contributed by atoms with Crippen molar-refractivity contribution in [3.05, 3.63) is 47.8 Å². The SMILES string of the molecule is COc1cc(/C=C/C(=O)N(CC2CCCO2)c2nc3ccc(F)cc3s2)cc(OC)c1OC. The number of benzene rings is 2. The lowest BCUT2D eigenvalue weighted by Gasteiger charge is -2.21. The van der Waals surface area contributed by atoms with E-state index in [1.165, 1.54) is 50.9 Å². The van der Waals surface area contributed by atoms with E-state index in [9.17, 15) is 9.18 Å². The van der Waals surface area contributed by atoms with Crippen LogP contribution in [-0.2, 0) is 9.53 Å². The summed E-state index contributed by atoms with van der Waals surface area (Å²) in [6.07, 6.45) is 4.93. The Kier molecular flexibility index (Phi) is 7.10. The summed E-state index contributed by atoms with van der Waals surface area (Å²) in [4.78, 5) is 19.4. The van der Waals surface area contributed by atoms with Crippen molar-refractivity contribution in [1.29, 1.82) is 0 Å². The lowest BCUT2D eigenvalue weighted by molar-refractivity contribution is -0.114. The van der Waals surface area contributed by atoms with Gasteiger partial charge in [0.15, 0.2) is 16.6 Å². The molecule has 1 aliphatic rings. The van der Waals surface area contributed by atoms with Crippen LogP contribution >= 0.6 is 11.3 Å². The number of methoxy groups -OCH3 is 3. The first-order chi connectivity index (χ1) is 16.0. The maximum absolute atomic E-state index is 13.7. The van der Waals surface area contributed by atoms with Gasteiger partial charge < -0.3 is 18.9 Å². The molecule has 9 heteroatoms. The number of hydrogen-bond donors (Lipinski definition) is 0. The fraction of sp³-hybridized carbons (Fsp3) is 0.333. The fourth-order valence-electron chi connectivity index (χ4n) is 3.71. The first kappa shape index (κ1) is 23.0. The highest BCUT2D eigenvalue weighted by Crippen LogP contribution is 2.38. The minimum Gasteiger partial charge on any atom is -0.493 e. The second-order valence-electron chi connectivity index (χ2n) is 7.48. The molecular weight excluding hydrogens is 447 g/mol.